The summed E-state index contributed by atoms with van der Waals surface area (Å²) in [5.74, 6) is 0. The van der Waals surface area contributed by atoms with Gasteiger partial charge in [0, 0.05) is 0 Å². The molecule has 4 aromatic rings. The predicted molar refractivity (Wildman–Crippen MR) is 98.6 cm³/mol. The van der Waals surface area contributed by atoms with Crippen LogP contribution in [-0.4, -0.2) is 0 Å². The normalized spacial score (nSPS) is 10.8. The molecule has 0 saturated carbocycles. The minimum atomic E-state index is 0. The van der Waals surface area contributed by atoms with Crippen molar-refractivity contribution >= 4 is 63.8 Å². The molecule has 0 saturated heterocycles. The summed E-state index contributed by atoms with van der Waals surface area (Å²) in [4.78, 5) is 0. The molecule has 0 bridgehead atoms. The van der Waals surface area contributed by atoms with Crippen LogP contribution in [0.25, 0.3) is 32.3 Å². The minimum Gasteiger partial charge on any atom is -0.114 e. The van der Waals surface area contributed by atoms with Crippen molar-refractivity contribution < 1.29 is 0 Å². The van der Waals surface area contributed by atoms with E-state index in [0.29, 0.717) is 0 Å². The highest BCUT2D eigenvalue weighted by molar-refractivity contribution is 8.93. The number of rotatable bonds is 0. The molecule has 4 aromatic carbocycles. The van der Waals surface area contributed by atoms with Gasteiger partial charge < -0.3 is 0 Å². The van der Waals surface area contributed by atoms with Gasteiger partial charge in [-0.05, 0) is 55.8 Å². The highest BCUT2D eigenvalue weighted by Crippen LogP contribution is 2.29. The second-order valence-corrected chi connectivity index (χ2v) is 5.63. The Morgan fingerprint density at radius 2 is 1.30 bits per heavy atom. The van der Waals surface area contributed by atoms with E-state index >= 15 is 0 Å². The van der Waals surface area contributed by atoms with Crippen molar-refractivity contribution in [3.63, 3.8) is 0 Å². The number of benzene rings is 4. The molecule has 0 nitrogen and oxygen atoms in total. The Morgan fingerprint density at radius 3 is 2.20 bits per heavy atom. The molecule has 1 atom stereocenters. The topological polar surface area (TPSA) is 0 Å². The summed E-state index contributed by atoms with van der Waals surface area (Å²) >= 11 is 0. The van der Waals surface area contributed by atoms with Gasteiger partial charge in [0.2, 0.25) is 0 Å². The maximum absolute atomic E-state index is 2.77. The van der Waals surface area contributed by atoms with Crippen LogP contribution < -0.4 is 5.30 Å². The lowest BCUT2D eigenvalue weighted by Crippen LogP contribution is -1.88. The average Bonchev–Trinajstić information content (AvgIpc) is 2.45. The third-order valence-corrected chi connectivity index (χ3v) is 4.09. The fraction of sp³-hybridized carbons (Fsp3) is 0. The van der Waals surface area contributed by atoms with Gasteiger partial charge >= 0.3 is 0 Å². The molecule has 98 valence electrons. The summed E-state index contributed by atoms with van der Waals surface area (Å²) in [7, 11) is 2.77. The van der Waals surface area contributed by atoms with E-state index in [0.717, 1.165) is 0 Å². The SMILES string of the molecule is Br.Pc1ccc2cc3ccc4ccccc4c3cc2c1. The molecule has 0 spiro atoms. The van der Waals surface area contributed by atoms with Crippen LogP contribution >= 0.6 is 26.2 Å². The van der Waals surface area contributed by atoms with E-state index in [4.69, 9.17) is 0 Å². The Labute approximate surface area is 130 Å². The number of halogens is 1. The summed E-state index contributed by atoms with van der Waals surface area (Å²) in [5, 5.41) is 9.11. The van der Waals surface area contributed by atoms with E-state index in [1.807, 2.05) is 0 Å². The number of hydrogen-bond donors (Lipinski definition) is 0. The van der Waals surface area contributed by atoms with Crippen LogP contribution in [0.2, 0.25) is 0 Å². The van der Waals surface area contributed by atoms with E-state index in [9.17, 15) is 0 Å². The van der Waals surface area contributed by atoms with Crippen LogP contribution in [0.15, 0.2) is 66.7 Å². The van der Waals surface area contributed by atoms with Crippen LogP contribution in [-0.2, 0) is 0 Å². The zero-order valence-electron chi connectivity index (χ0n) is 10.8. The molecule has 1 unspecified atom stereocenters. The van der Waals surface area contributed by atoms with Crippen LogP contribution in [0.1, 0.15) is 0 Å². The number of hydrogen-bond acceptors (Lipinski definition) is 0. The molecular formula is C18H14BrP. The smallest absolute Gasteiger partial charge is 0.00990 e. The van der Waals surface area contributed by atoms with Crippen molar-refractivity contribution in [3.05, 3.63) is 66.7 Å². The first-order chi connectivity index (χ1) is 9.31. The van der Waals surface area contributed by atoms with Crippen molar-refractivity contribution in [2.24, 2.45) is 0 Å². The molecule has 0 amide bonds. The second kappa shape index (κ2) is 5.16. The van der Waals surface area contributed by atoms with E-state index in [2.05, 4.69) is 76.0 Å². The highest BCUT2D eigenvalue weighted by atomic mass is 79.9. The Bertz CT molecular complexity index is 928. The molecule has 0 radical (unpaired) electrons. The van der Waals surface area contributed by atoms with Crippen molar-refractivity contribution in [2.75, 3.05) is 0 Å². The molecule has 0 heterocycles. The first-order valence-corrected chi connectivity index (χ1v) is 7.00. The van der Waals surface area contributed by atoms with Crippen molar-refractivity contribution in [1.82, 2.24) is 0 Å². The standard InChI is InChI=1S/C18H13P.BrH/c19-16-8-7-13-9-14-6-5-12-3-1-2-4-17(12)18(14)11-15(13)10-16;/h1-11H,19H2;1H. The molecular weight excluding hydrogens is 327 g/mol. The fourth-order valence-corrected chi connectivity index (χ4v) is 3.05. The third-order valence-electron chi connectivity index (χ3n) is 3.73. The lowest BCUT2D eigenvalue weighted by Gasteiger charge is -2.07. The average molecular weight is 341 g/mol. The van der Waals surface area contributed by atoms with Gasteiger partial charge in [-0.15, -0.1) is 26.2 Å². The molecule has 0 fully saturated rings. The van der Waals surface area contributed by atoms with E-state index in [1.165, 1.54) is 37.6 Å². The summed E-state index contributed by atoms with van der Waals surface area (Å²) in [5.41, 5.74) is 0. The summed E-state index contributed by atoms with van der Waals surface area (Å²) in [6.07, 6.45) is 0. The van der Waals surface area contributed by atoms with Crippen molar-refractivity contribution in [1.29, 1.82) is 0 Å². The van der Waals surface area contributed by atoms with Gasteiger partial charge in [0.25, 0.3) is 0 Å². The quantitative estimate of drug-likeness (QED) is 0.234. The first kappa shape index (κ1) is 13.5. The largest absolute Gasteiger partial charge is 0.114 e. The van der Waals surface area contributed by atoms with E-state index in [1.54, 1.807) is 0 Å². The van der Waals surface area contributed by atoms with E-state index < -0.39 is 0 Å². The summed E-state index contributed by atoms with van der Waals surface area (Å²) in [6.45, 7) is 0. The lowest BCUT2D eigenvalue weighted by molar-refractivity contribution is 1.79. The molecule has 0 aromatic heterocycles. The maximum atomic E-state index is 2.77. The molecule has 4 rings (SSSR count). The summed E-state index contributed by atoms with van der Waals surface area (Å²) < 4.78 is 0. The van der Waals surface area contributed by atoms with Gasteiger partial charge in [0.05, 0.1) is 0 Å². The monoisotopic (exact) mass is 340 g/mol. The van der Waals surface area contributed by atoms with E-state index in [-0.39, 0.29) is 17.0 Å². The third kappa shape index (κ3) is 2.12. The molecule has 0 N–H and O–H groups in total. The Kier molecular flexibility index (Phi) is 3.50. The Hall–Kier alpha value is -1.43. The van der Waals surface area contributed by atoms with Crippen LogP contribution in [0.4, 0.5) is 0 Å². The van der Waals surface area contributed by atoms with Crippen molar-refractivity contribution in [2.45, 2.75) is 0 Å². The van der Waals surface area contributed by atoms with Crippen molar-refractivity contribution in [3.8, 4) is 0 Å². The molecule has 0 aliphatic carbocycles. The highest BCUT2D eigenvalue weighted by Gasteiger charge is 2.02. The Balaban J connectivity index is 0.00000121. The zero-order valence-corrected chi connectivity index (χ0v) is 13.7. The van der Waals surface area contributed by atoms with Gasteiger partial charge in [-0.25, -0.2) is 0 Å². The zero-order chi connectivity index (χ0) is 12.8. The predicted octanol–water partition coefficient (Wildman–Crippen LogP) is 5.22. The van der Waals surface area contributed by atoms with Crippen LogP contribution in [0.3, 0.4) is 0 Å². The molecule has 20 heavy (non-hydrogen) atoms. The maximum Gasteiger partial charge on any atom is -0.00990 e. The van der Waals surface area contributed by atoms with Crippen LogP contribution in [0, 0.1) is 0 Å². The molecule has 0 aliphatic rings. The Morgan fingerprint density at radius 1 is 0.550 bits per heavy atom. The first-order valence-electron chi connectivity index (χ1n) is 6.42. The lowest BCUT2D eigenvalue weighted by atomic mass is 9.98. The fourth-order valence-electron chi connectivity index (χ4n) is 2.77. The van der Waals surface area contributed by atoms with Gasteiger partial charge in [-0.2, -0.15) is 0 Å². The van der Waals surface area contributed by atoms with Gasteiger partial charge in [0.1, 0.15) is 0 Å². The second-order valence-electron chi connectivity index (χ2n) is 4.97. The molecule has 0 aliphatic heterocycles. The minimum absolute atomic E-state index is 0. The van der Waals surface area contributed by atoms with Gasteiger partial charge in [-0.1, -0.05) is 48.5 Å². The van der Waals surface area contributed by atoms with Gasteiger partial charge in [-0.3, -0.25) is 0 Å². The van der Waals surface area contributed by atoms with Crippen LogP contribution in [0.5, 0.6) is 0 Å². The summed E-state index contributed by atoms with van der Waals surface area (Å²) in [6, 6.07) is 24.1. The molecule has 2 heteroatoms. The number of fused-ring (bicyclic) bond motifs is 4. The van der Waals surface area contributed by atoms with Gasteiger partial charge in [0.15, 0.2) is 0 Å².